The summed E-state index contributed by atoms with van der Waals surface area (Å²) in [6, 6.07) is 7.87. The standard InChI is InChI=1S/C8H5OSi/c10-7-1-2-8-6(5-7)3-4-9-8/h1-5H. The molecule has 1 nitrogen and oxygen atoms in total. The molecule has 1 aromatic carbocycles. The van der Waals surface area contributed by atoms with Crippen LogP contribution in [0.15, 0.2) is 34.9 Å². The number of benzene rings is 1. The minimum Gasteiger partial charge on any atom is -0.464 e. The van der Waals surface area contributed by atoms with Gasteiger partial charge in [-0.15, -0.1) is 0 Å². The highest BCUT2D eigenvalue weighted by Gasteiger charge is 1.93. The van der Waals surface area contributed by atoms with Crippen molar-refractivity contribution < 1.29 is 4.42 Å². The fraction of sp³-hybridized carbons (Fsp3) is 0. The van der Waals surface area contributed by atoms with Crippen LogP contribution in [0.3, 0.4) is 0 Å². The van der Waals surface area contributed by atoms with Crippen LogP contribution >= 0.6 is 0 Å². The number of hydrogen-bond donors (Lipinski definition) is 0. The van der Waals surface area contributed by atoms with Crippen LogP contribution in [-0.4, -0.2) is 10.2 Å². The number of furan rings is 1. The summed E-state index contributed by atoms with van der Waals surface area (Å²) in [7, 11) is 3.42. The van der Waals surface area contributed by atoms with Gasteiger partial charge in [-0.2, -0.15) is 0 Å². The van der Waals surface area contributed by atoms with Gasteiger partial charge >= 0.3 is 0 Å². The predicted molar refractivity (Wildman–Crippen MR) is 41.6 cm³/mol. The number of rotatable bonds is 0. The maximum atomic E-state index is 5.15. The second-order valence-corrected chi connectivity index (χ2v) is 2.75. The first kappa shape index (κ1) is 5.74. The summed E-state index contributed by atoms with van der Waals surface area (Å²) < 4.78 is 5.15. The molecule has 0 aliphatic rings. The van der Waals surface area contributed by atoms with E-state index in [0.29, 0.717) is 0 Å². The van der Waals surface area contributed by atoms with Crippen LogP contribution in [0.5, 0.6) is 0 Å². The lowest BCUT2D eigenvalue weighted by molar-refractivity contribution is 0.616. The van der Waals surface area contributed by atoms with E-state index in [1.807, 2.05) is 24.3 Å². The minimum atomic E-state index is 0.932. The summed E-state index contributed by atoms with van der Waals surface area (Å²) in [6.07, 6.45) is 1.69. The molecule has 0 amide bonds. The first-order valence-electron chi connectivity index (χ1n) is 3.05. The lowest BCUT2D eigenvalue weighted by Gasteiger charge is -1.88. The molecule has 10 heavy (non-hydrogen) atoms. The Labute approximate surface area is 62.1 Å². The Hall–Kier alpha value is -1.02. The highest BCUT2D eigenvalue weighted by atomic mass is 28.1. The number of hydrogen-bond acceptors (Lipinski definition) is 1. The normalized spacial score (nSPS) is 10.5. The lowest BCUT2D eigenvalue weighted by atomic mass is 10.3. The Balaban J connectivity index is 2.86. The molecule has 1 aromatic heterocycles. The molecule has 0 aliphatic carbocycles. The van der Waals surface area contributed by atoms with Gasteiger partial charge in [0.25, 0.3) is 0 Å². The van der Waals surface area contributed by atoms with E-state index < -0.39 is 0 Å². The predicted octanol–water partition coefficient (Wildman–Crippen LogP) is 1.23. The fourth-order valence-corrected chi connectivity index (χ4v) is 1.21. The molecule has 2 aromatic rings. The van der Waals surface area contributed by atoms with E-state index >= 15 is 0 Å². The highest BCUT2D eigenvalue weighted by Crippen LogP contribution is 2.11. The van der Waals surface area contributed by atoms with Gasteiger partial charge in [0.05, 0.1) is 16.5 Å². The van der Waals surface area contributed by atoms with Gasteiger partial charge in [-0.05, 0) is 12.1 Å². The van der Waals surface area contributed by atoms with E-state index in [4.69, 9.17) is 4.42 Å². The van der Waals surface area contributed by atoms with Gasteiger partial charge in [0.15, 0.2) is 0 Å². The molecule has 0 saturated carbocycles. The topological polar surface area (TPSA) is 13.1 Å². The van der Waals surface area contributed by atoms with Crippen molar-refractivity contribution >= 4 is 26.4 Å². The van der Waals surface area contributed by atoms with Gasteiger partial charge in [-0.1, -0.05) is 17.3 Å². The van der Waals surface area contributed by atoms with Gasteiger partial charge in [-0.25, -0.2) is 0 Å². The summed E-state index contributed by atoms with van der Waals surface area (Å²) in [6.45, 7) is 0. The second kappa shape index (κ2) is 1.99. The molecule has 1 heterocycles. The van der Waals surface area contributed by atoms with Gasteiger partial charge in [-0.3, -0.25) is 0 Å². The largest absolute Gasteiger partial charge is 0.464 e. The van der Waals surface area contributed by atoms with Gasteiger partial charge in [0, 0.05) is 5.39 Å². The molecule has 0 unspecified atom stereocenters. The second-order valence-electron chi connectivity index (χ2n) is 2.17. The van der Waals surface area contributed by atoms with Crippen LogP contribution < -0.4 is 5.19 Å². The third-order valence-corrected chi connectivity index (χ3v) is 1.76. The van der Waals surface area contributed by atoms with E-state index in [1.165, 1.54) is 0 Å². The lowest BCUT2D eigenvalue weighted by Crippen LogP contribution is -1.98. The molecular formula is C8H5OSi. The molecule has 0 aliphatic heterocycles. The maximum Gasteiger partial charge on any atom is 0.133 e. The zero-order valence-electron chi connectivity index (χ0n) is 5.29. The van der Waals surface area contributed by atoms with Crippen molar-refractivity contribution in [3.63, 3.8) is 0 Å². The maximum absolute atomic E-state index is 5.15. The van der Waals surface area contributed by atoms with Crippen LogP contribution in [0.2, 0.25) is 0 Å². The summed E-state index contributed by atoms with van der Waals surface area (Å²) in [4.78, 5) is 0. The molecule has 0 bridgehead atoms. The molecule has 2 rings (SSSR count). The van der Waals surface area contributed by atoms with Crippen molar-refractivity contribution in [2.24, 2.45) is 0 Å². The monoisotopic (exact) mass is 145 g/mol. The van der Waals surface area contributed by atoms with E-state index in [-0.39, 0.29) is 0 Å². The highest BCUT2D eigenvalue weighted by molar-refractivity contribution is 6.33. The Kier molecular flexibility index (Phi) is 1.14. The van der Waals surface area contributed by atoms with Crippen LogP contribution in [0.1, 0.15) is 0 Å². The Morgan fingerprint density at radius 1 is 1.20 bits per heavy atom. The summed E-state index contributed by atoms with van der Waals surface area (Å²) in [5.41, 5.74) is 0.932. The average Bonchev–Trinajstić information content (AvgIpc) is 2.33. The SMILES string of the molecule is [Si]c1ccc2occc2c1. The molecule has 2 heteroatoms. The Morgan fingerprint density at radius 2 is 2.10 bits per heavy atom. The minimum absolute atomic E-state index is 0.932. The molecule has 0 saturated heterocycles. The average molecular weight is 145 g/mol. The Morgan fingerprint density at radius 3 is 3.00 bits per heavy atom. The van der Waals surface area contributed by atoms with Gasteiger partial charge in [0.1, 0.15) is 5.58 Å². The molecule has 47 valence electrons. The third-order valence-electron chi connectivity index (χ3n) is 1.45. The van der Waals surface area contributed by atoms with Crippen molar-refractivity contribution in [2.45, 2.75) is 0 Å². The van der Waals surface area contributed by atoms with Crippen LogP contribution in [0, 0.1) is 0 Å². The smallest absolute Gasteiger partial charge is 0.133 e. The molecule has 0 N–H and O–H groups in total. The van der Waals surface area contributed by atoms with Crippen LogP contribution in [-0.2, 0) is 0 Å². The van der Waals surface area contributed by atoms with E-state index in [9.17, 15) is 0 Å². The quantitative estimate of drug-likeness (QED) is 0.508. The summed E-state index contributed by atoms with van der Waals surface area (Å²) in [5, 5.41) is 2.21. The van der Waals surface area contributed by atoms with Crippen LogP contribution in [0.4, 0.5) is 0 Å². The zero-order chi connectivity index (χ0) is 6.97. The first-order valence-corrected chi connectivity index (χ1v) is 3.55. The van der Waals surface area contributed by atoms with E-state index in [1.54, 1.807) is 6.26 Å². The molecule has 0 fully saturated rings. The van der Waals surface area contributed by atoms with Crippen LogP contribution in [0.25, 0.3) is 11.0 Å². The summed E-state index contributed by atoms with van der Waals surface area (Å²) >= 11 is 0. The molecule has 3 radical (unpaired) electrons. The van der Waals surface area contributed by atoms with Crippen molar-refractivity contribution in [1.82, 2.24) is 0 Å². The van der Waals surface area contributed by atoms with Crippen molar-refractivity contribution in [3.05, 3.63) is 30.5 Å². The first-order chi connectivity index (χ1) is 4.86. The van der Waals surface area contributed by atoms with Gasteiger partial charge < -0.3 is 4.42 Å². The zero-order valence-corrected chi connectivity index (χ0v) is 6.29. The third kappa shape index (κ3) is 0.771. The fourth-order valence-electron chi connectivity index (χ4n) is 0.967. The van der Waals surface area contributed by atoms with Crippen molar-refractivity contribution in [3.8, 4) is 0 Å². The molecule has 0 spiro atoms. The molecular weight excluding hydrogens is 140 g/mol. The van der Waals surface area contributed by atoms with Gasteiger partial charge in [0.2, 0.25) is 0 Å². The molecule has 0 atom stereocenters. The van der Waals surface area contributed by atoms with E-state index in [0.717, 1.165) is 16.2 Å². The van der Waals surface area contributed by atoms with Crippen molar-refractivity contribution in [2.75, 3.05) is 0 Å². The van der Waals surface area contributed by atoms with Crippen molar-refractivity contribution in [1.29, 1.82) is 0 Å². The Bertz CT molecular complexity index is 351. The summed E-state index contributed by atoms with van der Waals surface area (Å²) in [5.74, 6) is 0. The van der Waals surface area contributed by atoms with E-state index in [2.05, 4.69) is 10.2 Å². The number of fused-ring (bicyclic) bond motifs is 1.